The summed E-state index contributed by atoms with van der Waals surface area (Å²) >= 11 is 0. The van der Waals surface area contributed by atoms with Gasteiger partial charge in [0.05, 0.1) is 5.60 Å². The van der Waals surface area contributed by atoms with Crippen LogP contribution >= 0.6 is 0 Å². The van der Waals surface area contributed by atoms with Gasteiger partial charge < -0.3 is 9.68 Å². The predicted octanol–water partition coefficient (Wildman–Crippen LogP) is 1.20. The van der Waals surface area contributed by atoms with Gasteiger partial charge in [-0.3, -0.25) is 0 Å². The molecule has 0 radical (unpaired) electrons. The van der Waals surface area contributed by atoms with Crippen molar-refractivity contribution in [2.24, 2.45) is 0 Å². The Balaban J connectivity index is 2.52. The first kappa shape index (κ1) is 9.75. The molecule has 2 rings (SSSR count). The van der Waals surface area contributed by atoms with E-state index >= 15 is 0 Å². The molecule has 14 heavy (non-hydrogen) atoms. The van der Waals surface area contributed by atoms with Gasteiger partial charge in [-0.2, -0.15) is 0 Å². The van der Waals surface area contributed by atoms with Gasteiger partial charge in [-0.1, -0.05) is 25.1 Å². The van der Waals surface area contributed by atoms with Gasteiger partial charge in [-0.05, 0) is 36.9 Å². The minimum Gasteiger partial charge on any atom is -0.423 e. The Morgan fingerprint density at radius 3 is 2.79 bits per heavy atom. The molecule has 0 aliphatic carbocycles. The maximum Gasteiger partial charge on any atom is 0.492 e. The molecule has 1 aliphatic heterocycles. The summed E-state index contributed by atoms with van der Waals surface area (Å²) in [6.45, 7) is 6.07. The van der Waals surface area contributed by atoms with Crippen LogP contribution < -0.4 is 5.46 Å². The summed E-state index contributed by atoms with van der Waals surface area (Å²) in [5, 5.41) is 9.71. The van der Waals surface area contributed by atoms with Crippen molar-refractivity contribution in [1.29, 1.82) is 0 Å². The molecule has 0 aromatic heterocycles. The van der Waals surface area contributed by atoms with Gasteiger partial charge in [0.1, 0.15) is 0 Å². The molecule has 1 aliphatic rings. The Morgan fingerprint density at radius 2 is 2.14 bits per heavy atom. The maximum atomic E-state index is 9.71. The molecule has 0 amide bonds. The lowest BCUT2D eigenvalue weighted by molar-refractivity contribution is 0.101. The minimum absolute atomic E-state index is 0.360. The lowest BCUT2D eigenvalue weighted by Crippen LogP contribution is -2.28. The van der Waals surface area contributed by atoms with Crippen LogP contribution in [0.15, 0.2) is 18.2 Å². The second kappa shape index (κ2) is 3.11. The molecule has 1 aromatic carbocycles. The Bertz CT molecular complexity index is 360. The van der Waals surface area contributed by atoms with Crippen molar-refractivity contribution in [1.82, 2.24) is 0 Å². The minimum atomic E-state index is -0.758. The zero-order valence-corrected chi connectivity index (χ0v) is 8.87. The summed E-state index contributed by atoms with van der Waals surface area (Å²) in [5.74, 6) is 0. The van der Waals surface area contributed by atoms with Crippen molar-refractivity contribution >= 4 is 12.6 Å². The van der Waals surface area contributed by atoms with Crippen LogP contribution in [-0.2, 0) is 16.7 Å². The van der Waals surface area contributed by atoms with E-state index in [2.05, 4.69) is 19.1 Å². The monoisotopic (exact) mass is 190 g/mol. The van der Waals surface area contributed by atoms with Gasteiger partial charge in [0.25, 0.3) is 0 Å². The largest absolute Gasteiger partial charge is 0.492 e. The first-order valence-corrected chi connectivity index (χ1v) is 5.04. The fourth-order valence-electron chi connectivity index (χ4n) is 1.99. The highest BCUT2D eigenvalue weighted by molar-refractivity contribution is 6.62. The highest BCUT2D eigenvalue weighted by Gasteiger charge is 2.40. The molecule has 1 heterocycles. The highest BCUT2D eigenvalue weighted by Crippen LogP contribution is 2.29. The average molecular weight is 190 g/mol. The van der Waals surface area contributed by atoms with Crippen molar-refractivity contribution in [3.8, 4) is 0 Å². The molecule has 0 saturated carbocycles. The van der Waals surface area contributed by atoms with Crippen LogP contribution in [0.5, 0.6) is 0 Å². The Morgan fingerprint density at radius 1 is 1.43 bits per heavy atom. The fourth-order valence-corrected chi connectivity index (χ4v) is 1.99. The number of hydrogen-bond donors (Lipinski definition) is 1. The second-order valence-electron chi connectivity index (χ2n) is 4.26. The van der Waals surface area contributed by atoms with Gasteiger partial charge in [-0.15, -0.1) is 0 Å². The third-order valence-corrected chi connectivity index (χ3v) is 2.85. The van der Waals surface area contributed by atoms with E-state index in [4.69, 9.17) is 4.65 Å². The molecule has 0 spiro atoms. The lowest BCUT2D eigenvalue weighted by atomic mass is 9.77. The van der Waals surface area contributed by atoms with E-state index in [9.17, 15) is 5.02 Å². The van der Waals surface area contributed by atoms with Crippen LogP contribution in [0, 0.1) is 0 Å². The quantitative estimate of drug-likeness (QED) is 0.674. The summed E-state index contributed by atoms with van der Waals surface area (Å²) < 4.78 is 5.47. The van der Waals surface area contributed by atoms with Crippen molar-refractivity contribution < 1.29 is 9.68 Å². The zero-order chi connectivity index (χ0) is 10.3. The number of benzene rings is 1. The number of rotatable bonds is 1. The van der Waals surface area contributed by atoms with Gasteiger partial charge in [0.15, 0.2) is 0 Å². The molecule has 2 nitrogen and oxygen atoms in total. The molecule has 1 N–H and O–H groups in total. The number of hydrogen-bond acceptors (Lipinski definition) is 2. The summed E-state index contributed by atoms with van der Waals surface area (Å²) in [4.78, 5) is 0. The van der Waals surface area contributed by atoms with Crippen molar-refractivity contribution in [3.05, 3.63) is 29.3 Å². The smallest absolute Gasteiger partial charge is 0.423 e. The van der Waals surface area contributed by atoms with Crippen molar-refractivity contribution in [2.75, 3.05) is 0 Å². The molecule has 0 unspecified atom stereocenters. The van der Waals surface area contributed by atoms with Crippen molar-refractivity contribution in [2.45, 2.75) is 32.8 Å². The lowest BCUT2D eigenvalue weighted by Gasteiger charge is -2.19. The number of aryl methyl sites for hydroxylation is 1. The zero-order valence-electron chi connectivity index (χ0n) is 8.87. The predicted molar refractivity (Wildman–Crippen MR) is 57.5 cm³/mol. The summed E-state index contributed by atoms with van der Waals surface area (Å²) in [7, 11) is -0.758. The van der Waals surface area contributed by atoms with Crippen LogP contribution in [0.4, 0.5) is 0 Å². The fraction of sp³-hybridized carbons (Fsp3) is 0.455. The second-order valence-corrected chi connectivity index (χ2v) is 4.26. The van der Waals surface area contributed by atoms with Crippen LogP contribution in [-0.4, -0.2) is 12.1 Å². The van der Waals surface area contributed by atoms with E-state index in [-0.39, 0.29) is 5.60 Å². The van der Waals surface area contributed by atoms with Gasteiger partial charge in [-0.25, -0.2) is 0 Å². The van der Waals surface area contributed by atoms with Gasteiger partial charge in [0.2, 0.25) is 0 Å². The maximum absolute atomic E-state index is 9.71. The third-order valence-electron chi connectivity index (χ3n) is 2.85. The van der Waals surface area contributed by atoms with Gasteiger partial charge in [0, 0.05) is 0 Å². The van der Waals surface area contributed by atoms with Crippen LogP contribution in [0.25, 0.3) is 0 Å². The highest BCUT2D eigenvalue weighted by atomic mass is 16.5. The van der Waals surface area contributed by atoms with Crippen LogP contribution in [0.1, 0.15) is 31.9 Å². The first-order valence-electron chi connectivity index (χ1n) is 5.04. The number of fused-ring (bicyclic) bond motifs is 1. The molecule has 1 aromatic rings. The summed E-state index contributed by atoms with van der Waals surface area (Å²) in [6, 6.07) is 6.20. The third kappa shape index (κ3) is 1.37. The molecule has 74 valence electrons. The summed E-state index contributed by atoms with van der Waals surface area (Å²) in [5.41, 5.74) is 2.90. The van der Waals surface area contributed by atoms with E-state index in [0.29, 0.717) is 0 Å². The van der Waals surface area contributed by atoms with Crippen LogP contribution in [0.3, 0.4) is 0 Å². The van der Waals surface area contributed by atoms with E-state index in [1.165, 1.54) is 5.56 Å². The molecular weight excluding hydrogens is 175 g/mol. The van der Waals surface area contributed by atoms with E-state index in [1.807, 2.05) is 19.9 Å². The van der Waals surface area contributed by atoms with Crippen LogP contribution in [0.2, 0.25) is 0 Å². The first-order chi connectivity index (χ1) is 6.54. The molecule has 3 heteroatoms. The molecular formula is C11H15BO2. The average Bonchev–Trinajstić information content (AvgIpc) is 2.37. The Labute approximate surface area is 85.1 Å². The van der Waals surface area contributed by atoms with Gasteiger partial charge >= 0.3 is 7.12 Å². The van der Waals surface area contributed by atoms with E-state index < -0.39 is 7.12 Å². The Hall–Kier alpha value is -0.795. The molecule has 0 bridgehead atoms. The summed E-state index contributed by atoms with van der Waals surface area (Å²) in [6.07, 6.45) is 0.987. The standard InChI is InChI=1S/C11H15BO2/c1-4-8-5-6-9-10(7-8)12(13)14-11(9,2)3/h5-7,13H,4H2,1-3H3. The molecule has 0 saturated heterocycles. The normalized spacial score (nSPS) is 18.4. The SMILES string of the molecule is CCc1ccc2c(c1)B(O)OC2(C)C. The molecule has 0 fully saturated rings. The van der Waals surface area contributed by atoms with Crippen molar-refractivity contribution in [3.63, 3.8) is 0 Å². The Kier molecular flexibility index (Phi) is 2.16. The molecule has 0 atom stereocenters. The topological polar surface area (TPSA) is 29.5 Å². The van der Waals surface area contributed by atoms with E-state index in [0.717, 1.165) is 17.4 Å². The van der Waals surface area contributed by atoms with E-state index in [1.54, 1.807) is 0 Å².